The van der Waals surface area contributed by atoms with Crippen LogP contribution in [0.5, 0.6) is 0 Å². The first-order valence-corrected chi connectivity index (χ1v) is 9.19. The average molecular weight is 373 g/mol. The Kier molecular flexibility index (Phi) is 7.22. The van der Waals surface area contributed by atoms with Gasteiger partial charge in [0.15, 0.2) is 0 Å². The lowest BCUT2D eigenvalue weighted by Gasteiger charge is -2.32. The van der Waals surface area contributed by atoms with Gasteiger partial charge in [0.25, 0.3) is 0 Å². The fraction of sp³-hybridized carbons (Fsp3) is 0.333. The number of likely N-dealkylation sites (N-methyl/N-ethyl adjacent to an activating group) is 1. The van der Waals surface area contributed by atoms with E-state index in [2.05, 4.69) is 5.32 Å². The molecule has 138 valence electrons. The Hall–Kier alpha value is -2.33. The Bertz CT molecular complexity index is 729. The highest BCUT2D eigenvalue weighted by Gasteiger charge is 2.32. The van der Waals surface area contributed by atoms with Crippen molar-refractivity contribution in [3.63, 3.8) is 0 Å². The lowest BCUT2D eigenvalue weighted by Crippen LogP contribution is -2.44. The maximum atomic E-state index is 13.0. The molecule has 4 nitrogen and oxygen atoms in total. The third-order valence-corrected chi connectivity index (χ3v) is 4.32. The second-order valence-corrected chi connectivity index (χ2v) is 6.89. The number of carbonyl (C=O) groups is 2. The van der Waals surface area contributed by atoms with Gasteiger partial charge < -0.3 is 10.2 Å². The summed E-state index contributed by atoms with van der Waals surface area (Å²) in [4.78, 5) is 27.4. The van der Waals surface area contributed by atoms with E-state index in [1.165, 1.54) is 0 Å². The maximum absolute atomic E-state index is 13.0. The molecule has 0 saturated heterocycles. The van der Waals surface area contributed by atoms with Gasteiger partial charge in [-0.25, -0.2) is 0 Å². The fourth-order valence-electron chi connectivity index (χ4n) is 2.79. The van der Waals surface area contributed by atoms with E-state index in [4.69, 9.17) is 11.6 Å². The average Bonchev–Trinajstić information content (AvgIpc) is 2.63. The van der Waals surface area contributed by atoms with Crippen LogP contribution < -0.4 is 5.32 Å². The van der Waals surface area contributed by atoms with E-state index < -0.39 is 6.04 Å². The zero-order valence-electron chi connectivity index (χ0n) is 15.4. The van der Waals surface area contributed by atoms with Crippen LogP contribution in [0.15, 0.2) is 54.6 Å². The maximum Gasteiger partial charge on any atom is 0.247 e. The molecule has 0 radical (unpaired) electrons. The van der Waals surface area contributed by atoms with Gasteiger partial charge in [0.05, 0.1) is 0 Å². The summed E-state index contributed by atoms with van der Waals surface area (Å²) in [5.74, 6) is -0.468. The van der Waals surface area contributed by atoms with Crippen LogP contribution in [-0.2, 0) is 16.1 Å². The number of hydrogen-bond donors (Lipinski definition) is 1. The van der Waals surface area contributed by atoms with Crippen molar-refractivity contribution in [1.29, 1.82) is 0 Å². The number of halogens is 1. The fourth-order valence-corrected chi connectivity index (χ4v) is 2.92. The molecule has 0 aliphatic heterocycles. The lowest BCUT2D eigenvalue weighted by atomic mass is 10.0. The molecule has 5 heteroatoms. The molecular formula is C21H25ClN2O2. The summed E-state index contributed by atoms with van der Waals surface area (Å²) < 4.78 is 0. The molecule has 0 heterocycles. The summed E-state index contributed by atoms with van der Waals surface area (Å²) in [6, 6.07) is 16.1. The highest BCUT2D eigenvalue weighted by molar-refractivity contribution is 6.30. The minimum atomic E-state index is -0.679. The highest BCUT2D eigenvalue weighted by Crippen LogP contribution is 2.26. The summed E-state index contributed by atoms with van der Waals surface area (Å²) in [6.07, 6.45) is 0. The highest BCUT2D eigenvalue weighted by atomic mass is 35.5. The number of nitrogens with one attached hydrogen (secondary N) is 1. The number of nitrogens with zero attached hydrogens (tertiary/aromatic N) is 1. The van der Waals surface area contributed by atoms with Gasteiger partial charge in [-0.3, -0.25) is 9.59 Å². The minimum absolute atomic E-state index is 0.0694. The van der Waals surface area contributed by atoms with Crippen LogP contribution in [0.2, 0.25) is 5.02 Å². The van der Waals surface area contributed by atoms with Crippen molar-refractivity contribution in [3.05, 3.63) is 70.7 Å². The lowest BCUT2D eigenvalue weighted by molar-refractivity contribution is -0.144. The van der Waals surface area contributed by atoms with Crippen molar-refractivity contribution in [2.75, 3.05) is 6.54 Å². The summed E-state index contributed by atoms with van der Waals surface area (Å²) in [6.45, 7) is 6.40. The first-order chi connectivity index (χ1) is 12.4. The van der Waals surface area contributed by atoms with Gasteiger partial charge in [-0.05, 0) is 30.2 Å². The molecule has 0 fully saturated rings. The molecule has 26 heavy (non-hydrogen) atoms. The first kappa shape index (κ1) is 20.0. The van der Waals surface area contributed by atoms with Gasteiger partial charge in [-0.1, -0.05) is 67.9 Å². The summed E-state index contributed by atoms with van der Waals surface area (Å²) >= 11 is 5.97. The topological polar surface area (TPSA) is 49.4 Å². The van der Waals surface area contributed by atoms with E-state index in [1.54, 1.807) is 17.0 Å². The number of amides is 2. The molecule has 2 aromatic rings. The van der Waals surface area contributed by atoms with Crippen LogP contribution >= 0.6 is 11.6 Å². The molecule has 0 saturated carbocycles. The Morgan fingerprint density at radius 1 is 1.04 bits per heavy atom. The molecule has 1 atom stereocenters. The summed E-state index contributed by atoms with van der Waals surface area (Å²) in [7, 11) is 0. The zero-order chi connectivity index (χ0) is 19.1. The molecule has 0 spiro atoms. The van der Waals surface area contributed by atoms with Crippen LogP contribution in [0.3, 0.4) is 0 Å². The van der Waals surface area contributed by atoms with Gasteiger partial charge in [0.1, 0.15) is 6.04 Å². The third kappa shape index (κ3) is 5.09. The number of hydrogen-bond acceptors (Lipinski definition) is 2. The third-order valence-electron chi connectivity index (χ3n) is 4.07. The van der Waals surface area contributed by atoms with E-state index in [9.17, 15) is 9.59 Å². The SMILES string of the molecule is CCNC(=O)[C@H](c1ccccc1)N(Cc1ccc(Cl)cc1)C(=O)C(C)C. The molecular weight excluding hydrogens is 348 g/mol. The Morgan fingerprint density at radius 3 is 2.19 bits per heavy atom. The second-order valence-electron chi connectivity index (χ2n) is 6.46. The van der Waals surface area contributed by atoms with Crippen molar-refractivity contribution >= 4 is 23.4 Å². The molecule has 2 aromatic carbocycles. The molecule has 0 aliphatic carbocycles. The number of carbonyl (C=O) groups excluding carboxylic acids is 2. The van der Waals surface area contributed by atoms with Crippen LogP contribution in [0, 0.1) is 5.92 Å². The van der Waals surface area contributed by atoms with Gasteiger partial charge in [-0.15, -0.1) is 0 Å². The summed E-state index contributed by atoms with van der Waals surface area (Å²) in [5.41, 5.74) is 1.72. The Labute approximate surface area is 160 Å². The van der Waals surface area contributed by atoms with Gasteiger partial charge in [0.2, 0.25) is 11.8 Å². The molecule has 2 amide bonds. The zero-order valence-corrected chi connectivity index (χ0v) is 16.2. The monoisotopic (exact) mass is 372 g/mol. The van der Waals surface area contributed by atoms with Crippen LogP contribution in [-0.4, -0.2) is 23.3 Å². The number of rotatable bonds is 7. The van der Waals surface area contributed by atoms with Crippen LogP contribution in [0.25, 0.3) is 0 Å². The van der Waals surface area contributed by atoms with Crippen LogP contribution in [0.4, 0.5) is 0 Å². The minimum Gasteiger partial charge on any atom is -0.354 e. The molecule has 0 aromatic heterocycles. The first-order valence-electron chi connectivity index (χ1n) is 8.81. The van der Waals surface area contributed by atoms with Crippen molar-refractivity contribution in [1.82, 2.24) is 10.2 Å². The number of benzene rings is 2. The van der Waals surface area contributed by atoms with Gasteiger partial charge in [0, 0.05) is 24.0 Å². The molecule has 0 aliphatic rings. The van der Waals surface area contributed by atoms with Crippen molar-refractivity contribution < 1.29 is 9.59 Å². The molecule has 0 bridgehead atoms. The van der Waals surface area contributed by atoms with Gasteiger partial charge >= 0.3 is 0 Å². The molecule has 2 rings (SSSR count). The predicted octanol–water partition coefficient (Wildman–Crippen LogP) is 4.20. The normalized spacial score (nSPS) is 11.9. The molecule has 0 unspecified atom stereocenters. The predicted molar refractivity (Wildman–Crippen MR) is 105 cm³/mol. The van der Waals surface area contributed by atoms with Crippen molar-refractivity contribution in [3.8, 4) is 0 Å². The molecule has 1 N–H and O–H groups in total. The van der Waals surface area contributed by atoms with Crippen molar-refractivity contribution in [2.45, 2.75) is 33.4 Å². The Morgan fingerprint density at radius 2 is 1.65 bits per heavy atom. The van der Waals surface area contributed by atoms with E-state index in [0.29, 0.717) is 18.1 Å². The van der Waals surface area contributed by atoms with E-state index >= 15 is 0 Å². The smallest absolute Gasteiger partial charge is 0.247 e. The standard InChI is InChI=1S/C21H25ClN2O2/c1-4-23-20(25)19(17-8-6-5-7-9-17)24(21(26)15(2)3)14-16-10-12-18(22)13-11-16/h5-13,15,19H,4,14H2,1-3H3,(H,23,25)/t19-/m0/s1. The second kappa shape index (κ2) is 9.39. The largest absolute Gasteiger partial charge is 0.354 e. The quantitative estimate of drug-likeness (QED) is 0.791. The van der Waals surface area contributed by atoms with Gasteiger partial charge in [-0.2, -0.15) is 0 Å². The Balaban J connectivity index is 2.44. The van der Waals surface area contributed by atoms with Crippen LogP contribution in [0.1, 0.15) is 37.9 Å². The van der Waals surface area contributed by atoms with E-state index in [0.717, 1.165) is 11.1 Å². The van der Waals surface area contributed by atoms with E-state index in [1.807, 2.05) is 63.2 Å². The summed E-state index contributed by atoms with van der Waals surface area (Å²) in [5, 5.41) is 3.50. The van der Waals surface area contributed by atoms with E-state index in [-0.39, 0.29) is 17.7 Å². The van der Waals surface area contributed by atoms with Crippen molar-refractivity contribution in [2.24, 2.45) is 5.92 Å².